The number of sulfonamides is 1. The van der Waals surface area contributed by atoms with Gasteiger partial charge in [0.1, 0.15) is 12.6 Å². The predicted octanol–water partition coefficient (Wildman–Crippen LogP) is 4.35. The second kappa shape index (κ2) is 14.3. The number of ether oxygens (including phenoxy) is 1. The van der Waals surface area contributed by atoms with Crippen LogP contribution in [0, 0.1) is 11.8 Å². The molecule has 40 heavy (non-hydrogen) atoms. The van der Waals surface area contributed by atoms with E-state index in [1.807, 2.05) is 44.2 Å². The molecule has 3 rings (SSSR count). The van der Waals surface area contributed by atoms with Gasteiger partial charge in [0.15, 0.2) is 0 Å². The first kappa shape index (κ1) is 33.5. The number of rotatable bonds is 10. The molecular weight excluding hydrogens is 571 g/mol. The summed E-state index contributed by atoms with van der Waals surface area (Å²) in [4.78, 5) is 25.1. The third kappa shape index (κ3) is 9.18. The Balaban J connectivity index is 0.00000560. The molecule has 1 aliphatic rings. The van der Waals surface area contributed by atoms with Gasteiger partial charge in [0.05, 0.1) is 16.5 Å². The molecule has 13 heteroatoms. The van der Waals surface area contributed by atoms with Gasteiger partial charge in [0, 0.05) is 12.0 Å². The number of nitrogens with two attached hydrogens (primary N) is 1. The highest BCUT2D eigenvalue weighted by Crippen LogP contribution is 2.30. The van der Waals surface area contributed by atoms with E-state index in [4.69, 9.17) is 10.5 Å². The van der Waals surface area contributed by atoms with Crippen LogP contribution in [0.5, 0.6) is 0 Å². The summed E-state index contributed by atoms with van der Waals surface area (Å²) >= 11 is 0. The van der Waals surface area contributed by atoms with Crippen LogP contribution in [0.15, 0.2) is 59.5 Å². The number of alkyl halides is 3. The van der Waals surface area contributed by atoms with Crippen LogP contribution in [0.1, 0.15) is 56.7 Å². The van der Waals surface area contributed by atoms with E-state index in [9.17, 15) is 31.2 Å². The Morgan fingerprint density at radius 1 is 1.00 bits per heavy atom. The van der Waals surface area contributed by atoms with Crippen molar-refractivity contribution < 1.29 is 35.9 Å². The van der Waals surface area contributed by atoms with Crippen molar-refractivity contribution in [1.82, 2.24) is 10.0 Å². The van der Waals surface area contributed by atoms with E-state index in [0.717, 1.165) is 29.8 Å². The summed E-state index contributed by atoms with van der Waals surface area (Å²) < 4.78 is 71.6. The minimum absolute atomic E-state index is 0. The number of amides is 1. The van der Waals surface area contributed by atoms with Gasteiger partial charge in [-0.05, 0) is 61.4 Å². The van der Waals surface area contributed by atoms with Crippen molar-refractivity contribution in [2.75, 3.05) is 6.61 Å². The lowest BCUT2D eigenvalue weighted by molar-refractivity contribution is -0.148. The molecule has 1 saturated carbocycles. The van der Waals surface area contributed by atoms with Gasteiger partial charge >= 0.3 is 12.1 Å². The van der Waals surface area contributed by atoms with Gasteiger partial charge in [0.2, 0.25) is 15.9 Å². The smallest absolute Gasteiger partial charge is 0.416 e. The van der Waals surface area contributed by atoms with E-state index < -0.39 is 45.9 Å². The fourth-order valence-corrected chi connectivity index (χ4v) is 5.62. The average molecular weight is 606 g/mol. The lowest BCUT2D eigenvalue weighted by Crippen LogP contribution is -2.43. The molecule has 2 aromatic rings. The fourth-order valence-electron chi connectivity index (χ4n) is 4.31. The van der Waals surface area contributed by atoms with Gasteiger partial charge in [-0.2, -0.15) is 13.2 Å². The second-order valence-electron chi connectivity index (χ2n) is 10.1. The van der Waals surface area contributed by atoms with E-state index in [2.05, 4.69) is 10.0 Å². The topological polar surface area (TPSA) is 128 Å². The summed E-state index contributed by atoms with van der Waals surface area (Å²) in [5.41, 5.74) is 5.69. The van der Waals surface area contributed by atoms with E-state index in [1.54, 1.807) is 0 Å². The first-order valence-corrected chi connectivity index (χ1v) is 14.2. The molecule has 1 unspecified atom stereocenters. The number of benzene rings is 2. The monoisotopic (exact) mass is 605 g/mol. The molecule has 2 atom stereocenters. The van der Waals surface area contributed by atoms with Gasteiger partial charge < -0.3 is 15.8 Å². The van der Waals surface area contributed by atoms with Crippen molar-refractivity contribution in [3.63, 3.8) is 0 Å². The van der Waals surface area contributed by atoms with Crippen LogP contribution in [0.4, 0.5) is 13.2 Å². The lowest BCUT2D eigenvalue weighted by atomic mass is 9.85. The highest BCUT2D eigenvalue weighted by atomic mass is 35.5. The van der Waals surface area contributed by atoms with Crippen molar-refractivity contribution in [2.24, 2.45) is 17.6 Å². The molecule has 0 aliphatic heterocycles. The number of nitrogens with one attached hydrogen (secondary N) is 2. The van der Waals surface area contributed by atoms with Gasteiger partial charge in [-0.1, -0.05) is 44.2 Å². The van der Waals surface area contributed by atoms with Crippen molar-refractivity contribution in [1.29, 1.82) is 0 Å². The lowest BCUT2D eigenvalue weighted by Gasteiger charge is -2.30. The number of carbonyl (C=O) groups excluding carboxylic acids is 2. The normalized spacial score (nSPS) is 19.3. The highest BCUT2D eigenvalue weighted by molar-refractivity contribution is 7.89. The molecule has 2 aromatic carbocycles. The van der Waals surface area contributed by atoms with Crippen LogP contribution >= 0.6 is 12.4 Å². The van der Waals surface area contributed by atoms with E-state index in [0.29, 0.717) is 25.7 Å². The first-order chi connectivity index (χ1) is 18.3. The Morgan fingerprint density at radius 2 is 1.57 bits per heavy atom. The number of halogens is 4. The number of hydrogen-bond acceptors (Lipinski definition) is 6. The zero-order chi connectivity index (χ0) is 28.8. The van der Waals surface area contributed by atoms with E-state index in [-0.39, 0.29) is 41.7 Å². The molecule has 0 heterocycles. The number of esters is 1. The standard InChI is InChI=1S/C27H34F3N3O5S.ClH/c1-17(2)24(31)26(35)38-16-23(18-6-4-3-5-7-18)32-25(34)19-8-12-21(13-9-19)33-39(36,37)22-14-10-20(11-15-22)27(28,29)30;/h3-7,10-11,14-15,17,19,21,23-24,33H,8-9,12-13,16,31H2,1-2H3,(H,32,34);1H/t19?,21?,23-,24?;/m1./s1. The summed E-state index contributed by atoms with van der Waals surface area (Å²) in [6.45, 7) is 3.53. The zero-order valence-electron chi connectivity index (χ0n) is 22.2. The van der Waals surface area contributed by atoms with Gasteiger partial charge in [-0.3, -0.25) is 9.59 Å². The number of hydrogen-bond donors (Lipinski definition) is 3. The Morgan fingerprint density at radius 3 is 2.10 bits per heavy atom. The van der Waals surface area contributed by atoms with Crippen molar-refractivity contribution in [3.8, 4) is 0 Å². The third-order valence-electron chi connectivity index (χ3n) is 6.81. The summed E-state index contributed by atoms with van der Waals surface area (Å²) in [6.07, 6.45) is -2.98. The van der Waals surface area contributed by atoms with E-state index in [1.165, 1.54) is 0 Å². The molecule has 1 fully saturated rings. The fraction of sp³-hybridized carbons (Fsp3) is 0.481. The van der Waals surface area contributed by atoms with Gasteiger partial charge in [0.25, 0.3) is 0 Å². The Labute approximate surface area is 238 Å². The second-order valence-corrected chi connectivity index (χ2v) is 11.8. The van der Waals surface area contributed by atoms with Crippen LogP contribution in [0.3, 0.4) is 0 Å². The summed E-state index contributed by atoms with van der Waals surface area (Å²) in [5, 5.41) is 2.95. The van der Waals surface area contributed by atoms with Crippen LogP contribution in [0.25, 0.3) is 0 Å². The van der Waals surface area contributed by atoms with Gasteiger partial charge in [-0.15, -0.1) is 12.4 Å². The molecule has 1 amide bonds. The molecule has 0 radical (unpaired) electrons. The Kier molecular flexibility index (Phi) is 12.0. The molecule has 222 valence electrons. The molecular formula is C27H35ClF3N3O5S. The molecule has 0 saturated heterocycles. The van der Waals surface area contributed by atoms with Crippen LogP contribution < -0.4 is 15.8 Å². The van der Waals surface area contributed by atoms with Crippen LogP contribution in [-0.2, 0) is 30.5 Å². The Bertz CT molecular complexity index is 1220. The summed E-state index contributed by atoms with van der Waals surface area (Å²) in [7, 11) is -4.02. The first-order valence-electron chi connectivity index (χ1n) is 12.7. The van der Waals surface area contributed by atoms with Crippen LogP contribution in [0.2, 0.25) is 0 Å². The SMILES string of the molecule is CC(C)C(N)C(=O)OC[C@@H](NC(=O)C1CCC(NS(=O)(=O)c2ccc(C(F)(F)F)cc2)CC1)c1ccccc1.Cl. The molecule has 4 N–H and O–H groups in total. The third-order valence-corrected chi connectivity index (χ3v) is 8.35. The van der Waals surface area contributed by atoms with Crippen molar-refractivity contribution in [3.05, 3.63) is 65.7 Å². The maximum atomic E-state index is 13.1. The minimum atomic E-state index is -4.56. The highest BCUT2D eigenvalue weighted by Gasteiger charge is 2.33. The molecule has 0 spiro atoms. The molecule has 0 bridgehead atoms. The van der Waals surface area contributed by atoms with Crippen molar-refractivity contribution >= 4 is 34.3 Å². The summed E-state index contributed by atoms with van der Waals surface area (Å²) in [6, 6.07) is 10.6. The van der Waals surface area contributed by atoms with Crippen LogP contribution in [-0.4, -0.2) is 39.0 Å². The number of carbonyl (C=O) groups is 2. The molecule has 8 nitrogen and oxygen atoms in total. The minimum Gasteiger partial charge on any atom is -0.462 e. The van der Waals surface area contributed by atoms with Gasteiger partial charge in [-0.25, -0.2) is 13.1 Å². The molecule has 1 aliphatic carbocycles. The quantitative estimate of drug-likeness (QED) is 0.346. The maximum Gasteiger partial charge on any atom is 0.416 e. The summed E-state index contributed by atoms with van der Waals surface area (Å²) in [5.74, 6) is -1.27. The Hall–Kier alpha value is -2.67. The largest absolute Gasteiger partial charge is 0.462 e. The van der Waals surface area contributed by atoms with Crippen molar-refractivity contribution in [2.45, 2.75) is 68.7 Å². The zero-order valence-corrected chi connectivity index (χ0v) is 23.8. The average Bonchev–Trinajstić information content (AvgIpc) is 2.90. The maximum absolute atomic E-state index is 13.1. The van der Waals surface area contributed by atoms with E-state index >= 15 is 0 Å². The predicted molar refractivity (Wildman–Crippen MR) is 146 cm³/mol. The molecule has 0 aromatic heterocycles.